The number of nitrogens with one attached hydrogen (secondary N) is 1. The molecule has 0 radical (unpaired) electrons. The Kier molecular flexibility index (Phi) is 5.47. The van der Waals surface area contributed by atoms with Gasteiger partial charge in [-0.05, 0) is 50.0 Å². The number of rotatable bonds is 5. The van der Waals surface area contributed by atoms with Crippen molar-refractivity contribution in [2.24, 2.45) is 5.41 Å². The predicted molar refractivity (Wildman–Crippen MR) is 96.6 cm³/mol. The molecule has 0 spiro atoms. The van der Waals surface area contributed by atoms with Crippen LogP contribution in [0.15, 0.2) is 48.5 Å². The van der Waals surface area contributed by atoms with E-state index in [0.29, 0.717) is 16.7 Å². The first kappa shape index (κ1) is 16.6. The average Bonchev–Trinajstić information content (AvgIpc) is 2.58. The van der Waals surface area contributed by atoms with Gasteiger partial charge < -0.3 is 10.1 Å². The lowest BCUT2D eigenvalue weighted by atomic mass is 9.75. The Hall–Kier alpha value is -1.22. The molecule has 1 saturated heterocycles. The van der Waals surface area contributed by atoms with Crippen molar-refractivity contribution in [2.75, 3.05) is 19.7 Å². The van der Waals surface area contributed by atoms with Gasteiger partial charge in [0.1, 0.15) is 5.75 Å². The molecule has 4 heteroatoms. The molecule has 1 aliphatic rings. The maximum Gasteiger partial charge on any atom is 0.120 e. The lowest BCUT2D eigenvalue weighted by molar-refractivity contribution is 0.104. The summed E-state index contributed by atoms with van der Waals surface area (Å²) >= 11 is 12.0. The number of hydrogen-bond donors (Lipinski definition) is 1. The van der Waals surface area contributed by atoms with E-state index in [1.165, 1.54) is 5.56 Å². The van der Waals surface area contributed by atoms with Crippen LogP contribution in [0.4, 0.5) is 0 Å². The molecule has 0 amide bonds. The van der Waals surface area contributed by atoms with Gasteiger partial charge in [-0.15, -0.1) is 0 Å². The molecule has 0 saturated carbocycles. The predicted octanol–water partition coefficient (Wildman–Crippen LogP) is 4.98. The van der Waals surface area contributed by atoms with Crippen molar-refractivity contribution in [1.29, 1.82) is 0 Å². The molecule has 0 aliphatic carbocycles. The smallest absolute Gasteiger partial charge is 0.120 e. The van der Waals surface area contributed by atoms with Crippen LogP contribution in [0.3, 0.4) is 0 Å². The summed E-state index contributed by atoms with van der Waals surface area (Å²) in [6.07, 6.45) is 3.27. The topological polar surface area (TPSA) is 21.3 Å². The van der Waals surface area contributed by atoms with E-state index < -0.39 is 0 Å². The van der Waals surface area contributed by atoms with Crippen molar-refractivity contribution in [1.82, 2.24) is 5.32 Å². The minimum atomic E-state index is 0.165. The van der Waals surface area contributed by atoms with Gasteiger partial charge in [0, 0.05) is 11.5 Å². The highest BCUT2D eigenvalue weighted by Crippen LogP contribution is 2.35. The zero-order valence-electron chi connectivity index (χ0n) is 13.0. The monoisotopic (exact) mass is 349 g/mol. The zero-order valence-corrected chi connectivity index (χ0v) is 14.5. The van der Waals surface area contributed by atoms with E-state index in [-0.39, 0.29) is 5.41 Å². The average molecular weight is 350 g/mol. The van der Waals surface area contributed by atoms with Crippen LogP contribution in [0, 0.1) is 5.41 Å². The van der Waals surface area contributed by atoms with E-state index in [9.17, 15) is 0 Å². The molecule has 23 heavy (non-hydrogen) atoms. The summed E-state index contributed by atoms with van der Waals surface area (Å²) in [6.45, 7) is 2.77. The molecule has 122 valence electrons. The van der Waals surface area contributed by atoms with E-state index in [0.717, 1.165) is 38.1 Å². The fraction of sp³-hybridized carbons (Fsp3) is 0.368. The van der Waals surface area contributed by atoms with Crippen LogP contribution in [-0.4, -0.2) is 19.7 Å². The summed E-state index contributed by atoms with van der Waals surface area (Å²) in [5.41, 5.74) is 1.53. The van der Waals surface area contributed by atoms with Crippen LogP contribution in [0.25, 0.3) is 0 Å². The van der Waals surface area contributed by atoms with Gasteiger partial charge in [-0.25, -0.2) is 0 Å². The van der Waals surface area contributed by atoms with Gasteiger partial charge in [-0.3, -0.25) is 0 Å². The molecule has 2 aromatic carbocycles. The van der Waals surface area contributed by atoms with Gasteiger partial charge in [0.05, 0.1) is 16.7 Å². The molecule has 1 aliphatic heterocycles. The normalized spacial score (nSPS) is 17.0. The summed E-state index contributed by atoms with van der Waals surface area (Å²) in [5.74, 6) is 0.783. The molecule has 1 heterocycles. The second-order valence-electron chi connectivity index (χ2n) is 6.28. The fourth-order valence-electron chi connectivity index (χ4n) is 3.16. The van der Waals surface area contributed by atoms with E-state index in [1.807, 2.05) is 6.07 Å². The number of hydrogen-bond acceptors (Lipinski definition) is 2. The first-order chi connectivity index (χ1) is 11.2. The second-order valence-corrected chi connectivity index (χ2v) is 7.09. The molecule has 0 unspecified atom stereocenters. The number of benzene rings is 2. The molecule has 1 N–H and O–H groups in total. The van der Waals surface area contributed by atoms with Crippen molar-refractivity contribution in [3.8, 4) is 5.75 Å². The van der Waals surface area contributed by atoms with Crippen molar-refractivity contribution in [3.05, 3.63) is 64.1 Å². The van der Waals surface area contributed by atoms with Crippen molar-refractivity contribution in [2.45, 2.75) is 19.3 Å². The maximum atomic E-state index is 6.09. The van der Waals surface area contributed by atoms with Gasteiger partial charge in [-0.2, -0.15) is 0 Å². The van der Waals surface area contributed by atoms with E-state index >= 15 is 0 Å². The van der Waals surface area contributed by atoms with Gasteiger partial charge in [0.25, 0.3) is 0 Å². The molecule has 0 bridgehead atoms. The Bertz CT molecular complexity index is 639. The third kappa shape index (κ3) is 4.41. The number of halogens is 2. The summed E-state index contributed by atoms with van der Waals surface area (Å²) in [5, 5.41) is 4.54. The quantitative estimate of drug-likeness (QED) is 0.821. The van der Waals surface area contributed by atoms with Gasteiger partial charge in [0.2, 0.25) is 0 Å². The molecular formula is C19H21Cl2NO. The molecule has 1 fully saturated rings. The lowest BCUT2D eigenvalue weighted by Crippen LogP contribution is -2.42. The van der Waals surface area contributed by atoms with Crippen LogP contribution in [-0.2, 0) is 6.42 Å². The number of piperidine rings is 1. The number of ether oxygens (including phenoxy) is 1. The molecule has 2 nitrogen and oxygen atoms in total. The third-order valence-corrected chi connectivity index (χ3v) is 5.26. The van der Waals surface area contributed by atoms with Crippen LogP contribution in [0.2, 0.25) is 10.0 Å². The second kappa shape index (κ2) is 7.57. The van der Waals surface area contributed by atoms with Gasteiger partial charge >= 0.3 is 0 Å². The van der Waals surface area contributed by atoms with E-state index in [1.54, 1.807) is 12.1 Å². The fourth-order valence-corrected chi connectivity index (χ4v) is 3.45. The highest BCUT2D eigenvalue weighted by molar-refractivity contribution is 6.42. The Morgan fingerprint density at radius 3 is 2.39 bits per heavy atom. The van der Waals surface area contributed by atoms with Crippen molar-refractivity contribution in [3.63, 3.8) is 0 Å². The largest absolute Gasteiger partial charge is 0.493 e. The molecular weight excluding hydrogens is 329 g/mol. The first-order valence-electron chi connectivity index (χ1n) is 7.99. The van der Waals surface area contributed by atoms with Gasteiger partial charge in [-0.1, -0.05) is 53.5 Å². The standard InChI is InChI=1S/C19H21Cl2NO/c20-17-7-6-16(12-18(17)21)23-14-19(8-10-22-11-9-19)13-15-4-2-1-3-5-15/h1-7,12,22H,8-11,13-14H2. The SMILES string of the molecule is Clc1ccc(OCC2(Cc3ccccc3)CCNCC2)cc1Cl. The van der Waals surface area contributed by atoms with Crippen LogP contribution >= 0.6 is 23.2 Å². The maximum absolute atomic E-state index is 6.09. The Balaban J connectivity index is 1.72. The van der Waals surface area contributed by atoms with Crippen molar-refractivity contribution < 1.29 is 4.74 Å². The van der Waals surface area contributed by atoms with E-state index in [2.05, 4.69) is 35.6 Å². The Labute approximate surface area is 147 Å². The van der Waals surface area contributed by atoms with Crippen LogP contribution in [0.5, 0.6) is 5.75 Å². The summed E-state index contributed by atoms with van der Waals surface area (Å²) < 4.78 is 6.09. The van der Waals surface area contributed by atoms with Crippen LogP contribution < -0.4 is 10.1 Å². The first-order valence-corrected chi connectivity index (χ1v) is 8.75. The van der Waals surface area contributed by atoms with Gasteiger partial charge in [0.15, 0.2) is 0 Å². The summed E-state index contributed by atoms with van der Waals surface area (Å²) in [6, 6.07) is 16.1. The zero-order chi connectivity index (χ0) is 16.1. The Morgan fingerprint density at radius 1 is 0.957 bits per heavy atom. The highest BCUT2D eigenvalue weighted by atomic mass is 35.5. The van der Waals surface area contributed by atoms with E-state index in [4.69, 9.17) is 27.9 Å². The molecule has 0 atom stereocenters. The highest BCUT2D eigenvalue weighted by Gasteiger charge is 2.33. The minimum Gasteiger partial charge on any atom is -0.493 e. The molecule has 0 aromatic heterocycles. The van der Waals surface area contributed by atoms with Crippen molar-refractivity contribution >= 4 is 23.2 Å². The van der Waals surface area contributed by atoms with Crippen LogP contribution in [0.1, 0.15) is 18.4 Å². The Morgan fingerprint density at radius 2 is 1.70 bits per heavy atom. The molecule has 3 rings (SSSR count). The summed E-state index contributed by atoms with van der Waals surface area (Å²) in [7, 11) is 0. The lowest BCUT2D eigenvalue weighted by Gasteiger charge is -2.37. The summed E-state index contributed by atoms with van der Waals surface area (Å²) in [4.78, 5) is 0. The minimum absolute atomic E-state index is 0.165. The third-order valence-electron chi connectivity index (χ3n) is 4.52. The molecule has 2 aromatic rings.